The molecule has 0 aliphatic carbocycles. The van der Waals surface area contributed by atoms with E-state index in [4.69, 9.17) is 5.73 Å². The lowest BCUT2D eigenvalue weighted by Gasteiger charge is -2.25. The Morgan fingerprint density at radius 1 is 1.35 bits per heavy atom. The molecular formula is C14H22N2O. The van der Waals surface area contributed by atoms with E-state index >= 15 is 0 Å². The highest BCUT2D eigenvalue weighted by Gasteiger charge is 2.24. The van der Waals surface area contributed by atoms with Crippen LogP contribution in [0.15, 0.2) is 30.3 Å². The zero-order valence-electron chi connectivity index (χ0n) is 10.9. The van der Waals surface area contributed by atoms with Crippen molar-refractivity contribution in [3.05, 3.63) is 35.9 Å². The molecule has 1 aromatic rings. The van der Waals surface area contributed by atoms with Gasteiger partial charge in [-0.15, -0.1) is 0 Å². The molecule has 0 aliphatic rings. The number of hydrogen-bond donors (Lipinski definition) is 1. The Morgan fingerprint density at radius 3 is 2.47 bits per heavy atom. The summed E-state index contributed by atoms with van der Waals surface area (Å²) in [5.74, 6) is -0.0721. The van der Waals surface area contributed by atoms with Crippen LogP contribution in [0.4, 0.5) is 0 Å². The molecule has 2 N–H and O–H groups in total. The van der Waals surface area contributed by atoms with Gasteiger partial charge in [-0.1, -0.05) is 44.2 Å². The van der Waals surface area contributed by atoms with Crippen molar-refractivity contribution >= 4 is 5.91 Å². The van der Waals surface area contributed by atoms with Crippen molar-refractivity contribution in [2.24, 2.45) is 11.7 Å². The van der Waals surface area contributed by atoms with E-state index in [1.165, 1.54) is 0 Å². The standard InChI is InChI=1S/C14H22N2O/c1-4-10-16(3)14(17)11(2)13(15)12-8-6-5-7-9-12/h5-9,11,13H,4,10,15H2,1-3H3. The zero-order chi connectivity index (χ0) is 12.8. The van der Waals surface area contributed by atoms with Crippen LogP contribution in [0, 0.1) is 5.92 Å². The first-order valence-corrected chi connectivity index (χ1v) is 6.13. The average Bonchev–Trinajstić information content (AvgIpc) is 2.37. The molecule has 2 atom stereocenters. The lowest BCUT2D eigenvalue weighted by atomic mass is 9.94. The van der Waals surface area contributed by atoms with Crippen molar-refractivity contribution in [1.82, 2.24) is 4.90 Å². The predicted molar refractivity (Wildman–Crippen MR) is 70.5 cm³/mol. The van der Waals surface area contributed by atoms with E-state index in [2.05, 4.69) is 6.92 Å². The maximum atomic E-state index is 12.1. The second-order valence-electron chi connectivity index (χ2n) is 4.48. The van der Waals surface area contributed by atoms with Crippen molar-refractivity contribution in [2.75, 3.05) is 13.6 Å². The SMILES string of the molecule is CCCN(C)C(=O)C(C)C(N)c1ccccc1. The molecule has 17 heavy (non-hydrogen) atoms. The molecule has 1 amide bonds. The summed E-state index contributed by atoms with van der Waals surface area (Å²) in [5.41, 5.74) is 7.14. The van der Waals surface area contributed by atoms with Gasteiger partial charge in [0.1, 0.15) is 0 Å². The van der Waals surface area contributed by atoms with Gasteiger partial charge in [0, 0.05) is 19.6 Å². The molecule has 0 heterocycles. The van der Waals surface area contributed by atoms with Crippen LogP contribution in [0.1, 0.15) is 31.9 Å². The molecule has 0 fully saturated rings. The summed E-state index contributed by atoms with van der Waals surface area (Å²) in [7, 11) is 1.83. The van der Waals surface area contributed by atoms with E-state index in [0.717, 1.165) is 18.5 Å². The van der Waals surface area contributed by atoms with Gasteiger partial charge in [0.05, 0.1) is 5.92 Å². The van der Waals surface area contributed by atoms with Crippen LogP contribution in [0.3, 0.4) is 0 Å². The van der Waals surface area contributed by atoms with Gasteiger partial charge in [0.2, 0.25) is 5.91 Å². The Bertz CT molecular complexity index is 350. The first-order chi connectivity index (χ1) is 8.07. The Labute approximate surface area is 104 Å². The molecule has 0 aliphatic heterocycles. The maximum Gasteiger partial charge on any atom is 0.227 e. The highest BCUT2D eigenvalue weighted by atomic mass is 16.2. The molecule has 0 bridgehead atoms. The smallest absolute Gasteiger partial charge is 0.227 e. The Morgan fingerprint density at radius 2 is 1.94 bits per heavy atom. The molecule has 1 rings (SSSR count). The van der Waals surface area contributed by atoms with Gasteiger partial charge in [0.15, 0.2) is 0 Å². The van der Waals surface area contributed by atoms with Crippen molar-refractivity contribution in [2.45, 2.75) is 26.3 Å². The summed E-state index contributed by atoms with van der Waals surface area (Å²) >= 11 is 0. The monoisotopic (exact) mass is 234 g/mol. The van der Waals surface area contributed by atoms with E-state index in [9.17, 15) is 4.79 Å². The topological polar surface area (TPSA) is 46.3 Å². The van der Waals surface area contributed by atoms with Gasteiger partial charge < -0.3 is 10.6 Å². The fourth-order valence-electron chi connectivity index (χ4n) is 1.91. The van der Waals surface area contributed by atoms with Crippen molar-refractivity contribution < 1.29 is 4.79 Å². The van der Waals surface area contributed by atoms with Crippen LogP contribution in [-0.4, -0.2) is 24.4 Å². The third-order valence-electron chi connectivity index (χ3n) is 3.05. The molecule has 0 saturated carbocycles. The number of rotatable bonds is 5. The molecule has 0 spiro atoms. The van der Waals surface area contributed by atoms with Crippen molar-refractivity contribution in [1.29, 1.82) is 0 Å². The predicted octanol–water partition coefficient (Wildman–Crippen LogP) is 2.19. The molecule has 3 nitrogen and oxygen atoms in total. The highest BCUT2D eigenvalue weighted by Crippen LogP contribution is 2.20. The van der Waals surface area contributed by atoms with Gasteiger partial charge in [-0.2, -0.15) is 0 Å². The number of hydrogen-bond acceptors (Lipinski definition) is 2. The summed E-state index contributed by atoms with van der Waals surface area (Å²) in [5, 5.41) is 0. The quantitative estimate of drug-likeness (QED) is 0.849. The fraction of sp³-hybridized carbons (Fsp3) is 0.500. The number of amides is 1. The summed E-state index contributed by atoms with van der Waals surface area (Å²) < 4.78 is 0. The van der Waals surface area contributed by atoms with Crippen LogP contribution >= 0.6 is 0 Å². The molecule has 1 aromatic carbocycles. The molecule has 0 aromatic heterocycles. The minimum atomic E-state index is -0.233. The van der Waals surface area contributed by atoms with Crippen LogP contribution in [0.5, 0.6) is 0 Å². The summed E-state index contributed by atoms with van der Waals surface area (Å²) in [6, 6.07) is 9.54. The van der Waals surface area contributed by atoms with Crippen LogP contribution < -0.4 is 5.73 Å². The van der Waals surface area contributed by atoms with Crippen LogP contribution in [-0.2, 0) is 4.79 Å². The van der Waals surface area contributed by atoms with Crippen LogP contribution in [0.25, 0.3) is 0 Å². The number of nitrogens with two attached hydrogens (primary N) is 1. The van der Waals surface area contributed by atoms with Gasteiger partial charge in [-0.25, -0.2) is 0 Å². The average molecular weight is 234 g/mol. The van der Waals surface area contributed by atoms with E-state index in [-0.39, 0.29) is 17.9 Å². The largest absolute Gasteiger partial charge is 0.345 e. The van der Waals surface area contributed by atoms with E-state index < -0.39 is 0 Å². The number of benzene rings is 1. The highest BCUT2D eigenvalue weighted by molar-refractivity contribution is 5.79. The van der Waals surface area contributed by atoms with E-state index in [0.29, 0.717) is 0 Å². The number of nitrogens with zero attached hydrogens (tertiary/aromatic N) is 1. The third-order valence-corrected chi connectivity index (χ3v) is 3.05. The third kappa shape index (κ3) is 3.56. The maximum absolute atomic E-state index is 12.1. The molecule has 0 saturated heterocycles. The number of carbonyl (C=O) groups excluding carboxylic acids is 1. The lowest BCUT2D eigenvalue weighted by Crippen LogP contribution is -2.37. The van der Waals surface area contributed by atoms with Crippen molar-refractivity contribution in [3.63, 3.8) is 0 Å². The van der Waals surface area contributed by atoms with E-state index in [1.54, 1.807) is 4.90 Å². The van der Waals surface area contributed by atoms with Crippen LogP contribution in [0.2, 0.25) is 0 Å². The minimum Gasteiger partial charge on any atom is -0.345 e. The first-order valence-electron chi connectivity index (χ1n) is 6.13. The minimum absolute atomic E-state index is 0.114. The molecule has 94 valence electrons. The Kier molecular flexibility index (Phi) is 5.16. The second-order valence-corrected chi connectivity index (χ2v) is 4.48. The summed E-state index contributed by atoms with van der Waals surface area (Å²) in [6.07, 6.45) is 0.968. The normalized spacial score (nSPS) is 14.1. The first kappa shape index (κ1) is 13.7. The van der Waals surface area contributed by atoms with Crippen molar-refractivity contribution in [3.8, 4) is 0 Å². The summed E-state index contributed by atoms with van der Waals surface area (Å²) in [4.78, 5) is 13.9. The van der Waals surface area contributed by atoms with Gasteiger partial charge >= 0.3 is 0 Å². The Hall–Kier alpha value is -1.35. The molecular weight excluding hydrogens is 212 g/mol. The number of carbonyl (C=O) groups is 1. The summed E-state index contributed by atoms with van der Waals surface area (Å²) in [6.45, 7) is 4.74. The molecule has 3 heteroatoms. The lowest BCUT2D eigenvalue weighted by molar-refractivity contribution is -0.134. The molecule has 0 radical (unpaired) electrons. The second kappa shape index (κ2) is 6.40. The van der Waals surface area contributed by atoms with Gasteiger partial charge in [0.25, 0.3) is 0 Å². The Balaban J connectivity index is 2.70. The van der Waals surface area contributed by atoms with Gasteiger partial charge in [-0.05, 0) is 12.0 Å². The zero-order valence-corrected chi connectivity index (χ0v) is 10.9. The molecule has 2 unspecified atom stereocenters. The fourth-order valence-corrected chi connectivity index (χ4v) is 1.91. The van der Waals surface area contributed by atoms with Gasteiger partial charge in [-0.3, -0.25) is 4.79 Å². The van der Waals surface area contributed by atoms with E-state index in [1.807, 2.05) is 44.3 Å².